The standard InChI is InChI=1S/C16H32N2/c1-13-7-10-18(11-8-14(2)17-13)15-6-5-9-16(3,4)12-15/h13-15,17H,5-12H2,1-4H3. The van der Waals surface area contributed by atoms with Gasteiger partial charge in [0.25, 0.3) is 0 Å². The molecular weight excluding hydrogens is 220 g/mol. The van der Waals surface area contributed by atoms with Gasteiger partial charge in [-0.05, 0) is 64.5 Å². The van der Waals surface area contributed by atoms with E-state index in [1.54, 1.807) is 0 Å². The van der Waals surface area contributed by atoms with E-state index in [9.17, 15) is 0 Å². The first-order valence-corrected chi connectivity index (χ1v) is 7.96. The minimum atomic E-state index is 0.570. The summed E-state index contributed by atoms with van der Waals surface area (Å²) in [6, 6.07) is 2.21. The zero-order valence-electron chi connectivity index (χ0n) is 12.8. The van der Waals surface area contributed by atoms with Crippen LogP contribution in [-0.4, -0.2) is 36.1 Å². The van der Waals surface area contributed by atoms with E-state index < -0.39 is 0 Å². The molecule has 1 N–H and O–H groups in total. The summed E-state index contributed by atoms with van der Waals surface area (Å²) in [4.78, 5) is 2.80. The Labute approximate surface area is 114 Å². The van der Waals surface area contributed by atoms with Crippen molar-refractivity contribution in [1.82, 2.24) is 10.2 Å². The van der Waals surface area contributed by atoms with Crippen molar-refractivity contribution in [3.63, 3.8) is 0 Å². The number of hydrogen-bond donors (Lipinski definition) is 1. The molecule has 18 heavy (non-hydrogen) atoms. The van der Waals surface area contributed by atoms with Crippen molar-refractivity contribution in [3.05, 3.63) is 0 Å². The molecule has 106 valence electrons. The van der Waals surface area contributed by atoms with Crippen molar-refractivity contribution in [1.29, 1.82) is 0 Å². The fourth-order valence-corrected chi connectivity index (χ4v) is 3.82. The fraction of sp³-hybridized carbons (Fsp3) is 1.00. The molecule has 0 bridgehead atoms. The van der Waals surface area contributed by atoms with Crippen LogP contribution < -0.4 is 5.32 Å². The molecule has 0 spiro atoms. The zero-order chi connectivity index (χ0) is 13.2. The lowest BCUT2D eigenvalue weighted by Crippen LogP contribution is -2.48. The van der Waals surface area contributed by atoms with Gasteiger partial charge in [0.2, 0.25) is 0 Å². The molecule has 1 heterocycles. The molecule has 1 aliphatic carbocycles. The Kier molecular flexibility index (Phi) is 4.71. The van der Waals surface area contributed by atoms with E-state index in [4.69, 9.17) is 0 Å². The van der Waals surface area contributed by atoms with Crippen molar-refractivity contribution < 1.29 is 0 Å². The maximum atomic E-state index is 3.69. The van der Waals surface area contributed by atoms with E-state index in [1.807, 2.05) is 0 Å². The first-order valence-electron chi connectivity index (χ1n) is 7.96. The second-order valence-corrected chi connectivity index (χ2v) is 7.50. The minimum absolute atomic E-state index is 0.570. The summed E-state index contributed by atoms with van der Waals surface area (Å²) in [5.41, 5.74) is 0.570. The molecule has 2 aliphatic rings. The second kappa shape index (κ2) is 5.92. The lowest BCUT2D eigenvalue weighted by Gasteiger charge is -2.43. The highest BCUT2D eigenvalue weighted by Crippen LogP contribution is 2.37. The minimum Gasteiger partial charge on any atom is -0.312 e. The zero-order valence-corrected chi connectivity index (χ0v) is 12.8. The van der Waals surface area contributed by atoms with Crippen LogP contribution in [0.5, 0.6) is 0 Å². The molecule has 2 rings (SSSR count). The number of rotatable bonds is 1. The molecule has 3 unspecified atom stereocenters. The molecule has 2 fully saturated rings. The van der Waals surface area contributed by atoms with Crippen LogP contribution in [0, 0.1) is 5.41 Å². The monoisotopic (exact) mass is 252 g/mol. The topological polar surface area (TPSA) is 15.3 Å². The Bertz CT molecular complexity index is 250. The van der Waals surface area contributed by atoms with Crippen LogP contribution in [0.1, 0.15) is 66.2 Å². The van der Waals surface area contributed by atoms with E-state index in [0.717, 1.165) is 6.04 Å². The van der Waals surface area contributed by atoms with Crippen molar-refractivity contribution >= 4 is 0 Å². The Balaban J connectivity index is 1.93. The third-order valence-electron chi connectivity index (χ3n) is 4.96. The van der Waals surface area contributed by atoms with Gasteiger partial charge in [-0.15, -0.1) is 0 Å². The van der Waals surface area contributed by atoms with Gasteiger partial charge in [-0.3, -0.25) is 0 Å². The van der Waals surface area contributed by atoms with Gasteiger partial charge in [0.1, 0.15) is 0 Å². The third-order valence-corrected chi connectivity index (χ3v) is 4.96. The van der Waals surface area contributed by atoms with E-state index in [2.05, 4.69) is 37.9 Å². The van der Waals surface area contributed by atoms with E-state index in [1.165, 1.54) is 51.6 Å². The van der Waals surface area contributed by atoms with E-state index in [0.29, 0.717) is 17.5 Å². The van der Waals surface area contributed by atoms with Crippen LogP contribution in [0.25, 0.3) is 0 Å². The van der Waals surface area contributed by atoms with Gasteiger partial charge in [0, 0.05) is 18.1 Å². The Morgan fingerprint density at radius 3 is 2.17 bits per heavy atom. The highest BCUT2D eigenvalue weighted by molar-refractivity contribution is 4.87. The maximum Gasteiger partial charge on any atom is 0.0100 e. The molecule has 0 aromatic rings. The summed E-state index contributed by atoms with van der Waals surface area (Å²) in [6.45, 7) is 12.2. The predicted octanol–water partition coefficient (Wildman–Crippen LogP) is 3.42. The molecule has 1 aliphatic heterocycles. The van der Waals surface area contributed by atoms with Gasteiger partial charge >= 0.3 is 0 Å². The number of nitrogens with zero attached hydrogens (tertiary/aromatic N) is 1. The molecule has 1 saturated heterocycles. The maximum absolute atomic E-state index is 3.69. The van der Waals surface area contributed by atoms with Crippen LogP contribution >= 0.6 is 0 Å². The highest BCUT2D eigenvalue weighted by Gasteiger charge is 2.31. The van der Waals surface area contributed by atoms with Crippen LogP contribution in [0.2, 0.25) is 0 Å². The fourth-order valence-electron chi connectivity index (χ4n) is 3.82. The van der Waals surface area contributed by atoms with Gasteiger partial charge in [-0.25, -0.2) is 0 Å². The van der Waals surface area contributed by atoms with Gasteiger partial charge in [0.05, 0.1) is 0 Å². The quantitative estimate of drug-likeness (QED) is 0.769. The molecule has 0 aromatic carbocycles. The second-order valence-electron chi connectivity index (χ2n) is 7.50. The molecule has 0 radical (unpaired) electrons. The summed E-state index contributed by atoms with van der Waals surface area (Å²) in [6.07, 6.45) is 8.30. The number of nitrogens with one attached hydrogen (secondary N) is 1. The van der Waals surface area contributed by atoms with Crippen LogP contribution in [0.3, 0.4) is 0 Å². The lowest BCUT2D eigenvalue weighted by molar-refractivity contribution is 0.0816. The third kappa shape index (κ3) is 3.96. The van der Waals surface area contributed by atoms with Crippen LogP contribution in [0.15, 0.2) is 0 Å². The van der Waals surface area contributed by atoms with Gasteiger partial charge < -0.3 is 10.2 Å². The van der Waals surface area contributed by atoms with Crippen LogP contribution in [-0.2, 0) is 0 Å². The Morgan fingerprint density at radius 1 is 1.00 bits per heavy atom. The van der Waals surface area contributed by atoms with Gasteiger partial charge in [-0.2, -0.15) is 0 Å². The van der Waals surface area contributed by atoms with Gasteiger partial charge in [0.15, 0.2) is 0 Å². The first kappa shape index (κ1) is 14.3. The van der Waals surface area contributed by atoms with Crippen molar-refractivity contribution in [2.45, 2.75) is 84.3 Å². The van der Waals surface area contributed by atoms with Crippen LogP contribution in [0.4, 0.5) is 0 Å². The molecular formula is C16H32N2. The molecule has 2 nitrogen and oxygen atoms in total. The normalized spacial score (nSPS) is 39.0. The molecule has 3 atom stereocenters. The predicted molar refractivity (Wildman–Crippen MR) is 78.9 cm³/mol. The summed E-state index contributed by atoms with van der Waals surface area (Å²) in [5, 5.41) is 3.69. The highest BCUT2D eigenvalue weighted by atomic mass is 15.2. The largest absolute Gasteiger partial charge is 0.312 e. The average Bonchev–Trinajstić information content (AvgIpc) is 2.25. The Morgan fingerprint density at radius 2 is 1.61 bits per heavy atom. The molecule has 0 aromatic heterocycles. The van der Waals surface area contributed by atoms with Crippen molar-refractivity contribution in [2.75, 3.05) is 13.1 Å². The summed E-state index contributed by atoms with van der Waals surface area (Å²) in [7, 11) is 0. The molecule has 1 saturated carbocycles. The van der Waals surface area contributed by atoms with Crippen molar-refractivity contribution in [2.24, 2.45) is 5.41 Å². The first-order chi connectivity index (χ1) is 8.46. The van der Waals surface area contributed by atoms with E-state index >= 15 is 0 Å². The van der Waals surface area contributed by atoms with E-state index in [-0.39, 0.29) is 0 Å². The van der Waals surface area contributed by atoms with Gasteiger partial charge in [-0.1, -0.05) is 20.3 Å². The average molecular weight is 252 g/mol. The smallest absolute Gasteiger partial charge is 0.0100 e. The summed E-state index contributed by atoms with van der Waals surface area (Å²) in [5.74, 6) is 0. The van der Waals surface area contributed by atoms with Crippen molar-refractivity contribution in [3.8, 4) is 0 Å². The summed E-state index contributed by atoms with van der Waals surface area (Å²) >= 11 is 0. The number of hydrogen-bond acceptors (Lipinski definition) is 2. The molecule has 2 heteroatoms. The summed E-state index contributed by atoms with van der Waals surface area (Å²) < 4.78 is 0. The Hall–Kier alpha value is -0.0800. The lowest BCUT2D eigenvalue weighted by atomic mass is 9.74. The molecule has 0 amide bonds. The SMILES string of the molecule is CC1CCN(C2CCCC(C)(C)C2)CCC(C)N1.